The molecule has 2 heterocycles. The summed E-state index contributed by atoms with van der Waals surface area (Å²) in [7, 11) is 0. The van der Waals surface area contributed by atoms with Crippen molar-refractivity contribution in [1.82, 2.24) is 10.1 Å². The summed E-state index contributed by atoms with van der Waals surface area (Å²) < 4.78 is 5.11. The molecule has 1 saturated heterocycles. The number of hydrogen-bond acceptors (Lipinski definition) is 4. The quantitative estimate of drug-likeness (QED) is 0.896. The number of rotatable bonds is 5. The van der Waals surface area contributed by atoms with Gasteiger partial charge in [0.25, 0.3) is 0 Å². The molecule has 2 fully saturated rings. The third-order valence-corrected chi connectivity index (χ3v) is 5.03. The molecule has 0 spiro atoms. The first kappa shape index (κ1) is 15.1. The molecule has 6 nitrogen and oxygen atoms in total. The first-order valence-electron chi connectivity index (χ1n) is 7.89. The number of aliphatic carboxylic acids is 1. The van der Waals surface area contributed by atoms with Gasteiger partial charge in [0.05, 0.1) is 11.6 Å². The number of nitrogens with zero attached hydrogens (tertiary/aromatic N) is 2. The maximum atomic E-state index is 12.4. The van der Waals surface area contributed by atoms with E-state index in [0.717, 1.165) is 29.9 Å². The number of hydrogen-bond donors (Lipinski definition) is 1. The van der Waals surface area contributed by atoms with Crippen molar-refractivity contribution < 1.29 is 19.2 Å². The second kappa shape index (κ2) is 5.74. The summed E-state index contributed by atoms with van der Waals surface area (Å²) in [5.41, 5.74) is 1.81. The Balaban J connectivity index is 1.60. The van der Waals surface area contributed by atoms with E-state index in [-0.39, 0.29) is 11.8 Å². The average molecular weight is 306 g/mol. The van der Waals surface area contributed by atoms with Crippen LogP contribution in [0.4, 0.5) is 0 Å². The fourth-order valence-corrected chi connectivity index (χ4v) is 3.54. The lowest BCUT2D eigenvalue weighted by Crippen LogP contribution is -2.30. The Labute approximate surface area is 129 Å². The van der Waals surface area contributed by atoms with Crippen molar-refractivity contribution >= 4 is 11.9 Å². The number of amides is 1. The van der Waals surface area contributed by atoms with Crippen LogP contribution in [0.3, 0.4) is 0 Å². The summed E-state index contributed by atoms with van der Waals surface area (Å²) in [5.74, 6) is 0.274. The Hall–Kier alpha value is -1.85. The Morgan fingerprint density at radius 3 is 2.59 bits per heavy atom. The van der Waals surface area contributed by atoms with Crippen LogP contribution in [0.25, 0.3) is 0 Å². The first-order valence-corrected chi connectivity index (χ1v) is 7.89. The smallest absolute Gasteiger partial charge is 0.308 e. The van der Waals surface area contributed by atoms with Gasteiger partial charge in [-0.1, -0.05) is 5.16 Å². The zero-order valence-electron chi connectivity index (χ0n) is 13.0. The summed E-state index contributed by atoms with van der Waals surface area (Å²) in [5, 5.41) is 13.2. The van der Waals surface area contributed by atoms with E-state index < -0.39 is 11.9 Å². The monoisotopic (exact) mass is 306 g/mol. The van der Waals surface area contributed by atoms with Crippen molar-refractivity contribution in [3.8, 4) is 0 Å². The molecule has 1 aromatic heterocycles. The zero-order valence-corrected chi connectivity index (χ0v) is 13.0. The number of carbonyl (C=O) groups is 2. The molecule has 1 aliphatic carbocycles. The average Bonchev–Trinajstić information content (AvgIpc) is 3.14. The molecule has 1 saturated carbocycles. The molecular weight excluding hydrogens is 284 g/mol. The first-order chi connectivity index (χ1) is 10.5. The summed E-state index contributed by atoms with van der Waals surface area (Å²) >= 11 is 0. The number of carboxylic acids is 1. The van der Waals surface area contributed by atoms with Gasteiger partial charge < -0.3 is 14.5 Å². The Morgan fingerprint density at radius 1 is 1.32 bits per heavy atom. The van der Waals surface area contributed by atoms with Gasteiger partial charge in [0, 0.05) is 25.1 Å². The van der Waals surface area contributed by atoms with Gasteiger partial charge >= 0.3 is 5.97 Å². The number of aromatic nitrogens is 1. The van der Waals surface area contributed by atoms with Crippen molar-refractivity contribution in [3.05, 3.63) is 17.0 Å². The molecule has 120 valence electrons. The fourth-order valence-electron chi connectivity index (χ4n) is 3.54. The Kier molecular flexibility index (Phi) is 3.93. The lowest BCUT2D eigenvalue weighted by atomic mass is 9.92. The van der Waals surface area contributed by atoms with E-state index in [1.807, 2.05) is 13.8 Å². The van der Waals surface area contributed by atoms with E-state index in [1.54, 1.807) is 4.90 Å². The van der Waals surface area contributed by atoms with Gasteiger partial charge in [0.15, 0.2) is 0 Å². The number of carboxylic acid groups (broad SMARTS) is 1. The van der Waals surface area contributed by atoms with Gasteiger partial charge in [-0.05, 0) is 44.9 Å². The molecule has 2 aliphatic rings. The molecule has 3 rings (SSSR count). The van der Waals surface area contributed by atoms with Gasteiger partial charge in [-0.2, -0.15) is 0 Å². The summed E-state index contributed by atoms with van der Waals surface area (Å²) in [6.07, 6.45) is 3.19. The van der Waals surface area contributed by atoms with Crippen molar-refractivity contribution in [2.75, 3.05) is 13.1 Å². The van der Waals surface area contributed by atoms with E-state index in [1.165, 1.54) is 0 Å². The zero-order chi connectivity index (χ0) is 15.9. The van der Waals surface area contributed by atoms with E-state index >= 15 is 0 Å². The van der Waals surface area contributed by atoms with E-state index in [9.17, 15) is 14.7 Å². The van der Waals surface area contributed by atoms with Gasteiger partial charge in [0.2, 0.25) is 5.91 Å². The molecule has 1 aromatic rings. The molecule has 6 heteroatoms. The highest BCUT2D eigenvalue weighted by Gasteiger charge is 2.46. The topological polar surface area (TPSA) is 83.6 Å². The molecule has 22 heavy (non-hydrogen) atoms. The Morgan fingerprint density at radius 2 is 2.05 bits per heavy atom. The van der Waals surface area contributed by atoms with Gasteiger partial charge in [-0.25, -0.2) is 0 Å². The minimum absolute atomic E-state index is 0.0365. The Bertz CT molecular complexity index is 571. The predicted molar refractivity (Wildman–Crippen MR) is 78.2 cm³/mol. The molecule has 2 atom stereocenters. The van der Waals surface area contributed by atoms with Crippen molar-refractivity contribution in [1.29, 1.82) is 0 Å². The normalized spacial score (nSPS) is 24.7. The molecule has 1 aliphatic heterocycles. The third-order valence-electron chi connectivity index (χ3n) is 5.03. The molecular formula is C16H22N2O4. The van der Waals surface area contributed by atoms with Crippen LogP contribution in [-0.4, -0.2) is 40.1 Å². The van der Waals surface area contributed by atoms with Crippen LogP contribution in [-0.2, 0) is 16.0 Å². The summed E-state index contributed by atoms with van der Waals surface area (Å²) in [4.78, 5) is 25.5. The number of likely N-dealkylation sites (tertiary alicyclic amines) is 1. The maximum absolute atomic E-state index is 12.4. The molecule has 1 amide bonds. The van der Waals surface area contributed by atoms with E-state index in [2.05, 4.69) is 5.16 Å². The van der Waals surface area contributed by atoms with Crippen LogP contribution < -0.4 is 0 Å². The van der Waals surface area contributed by atoms with Crippen LogP contribution >= 0.6 is 0 Å². The molecule has 0 aromatic carbocycles. The standard InChI is InChI=1S/C16H22N2O4/c1-9-12(10(2)22-17-9)5-6-15(19)18-7-13(11-3-4-11)14(8-18)16(20)21/h11,13-14H,3-8H2,1-2H3,(H,20,21)/t13-,14+/m1/s1. The maximum Gasteiger partial charge on any atom is 0.308 e. The second-order valence-corrected chi connectivity index (χ2v) is 6.55. The van der Waals surface area contributed by atoms with E-state index in [0.29, 0.717) is 31.8 Å². The van der Waals surface area contributed by atoms with E-state index in [4.69, 9.17) is 4.52 Å². The van der Waals surface area contributed by atoms with Gasteiger partial charge in [-0.15, -0.1) is 0 Å². The van der Waals surface area contributed by atoms with Crippen molar-refractivity contribution in [3.63, 3.8) is 0 Å². The summed E-state index contributed by atoms with van der Waals surface area (Å²) in [6, 6.07) is 0. The lowest BCUT2D eigenvalue weighted by molar-refractivity contribution is -0.142. The van der Waals surface area contributed by atoms with Crippen molar-refractivity contribution in [2.24, 2.45) is 17.8 Å². The molecule has 1 N–H and O–H groups in total. The van der Waals surface area contributed by atoms with Gasteiger partial charge in [-0.3, -0.25) is 9.59 Å². The highest BCUT2D eigenvalue weighted by molar-refractivity contribution is 5.79. The van der Waals surface area contributed by atoms with Crippen LogP contribution in [0.15, 0.2) is 4.52 Å². The highest BCUT2D eigenvalue weighted by Crippen LogP contribution is 2.44. The van der Waals surface area contributed by atoms with Crippen LogP contribution in [0.1, 0.15) is 36.3 Å². The minimum Gasteiger partial charge on any atom is -0.481 e. The van der Waals surface area contributed by atoms with Crippen LogP contribution in [0.2, 0.25) is 0 Å². The highest BCUT2D eigenvalue weighted by atomic mass is 16.5. The minimum atomic E-state index is -0.766. The third kappa shape index (κ3) is 2.87. The van der Waals surface area contributed by atoms with Crippen LogP contribution in [0.5, 0.6) is 0 Å². The van der Waals surface area contributed by atoms with Gasteiger partial charge in [0.1, 0.15) is 5.76 Å². The molecule has 0 unspecified atom stereocenters. The predicted octanol–water partition coefficient (Wildman–Crippen LogP) is 1.79. The van der Waals surface area contributed by atoms with Crippen molar-refractivity contribution in [2.45, 2.75) is 39.5 Å². The lowest BCUT2D eigenvalue weighted by Gasteiger charge is -2.16. The number of aryl methyl sites for hydroxylation is 2. The number of carbonyl (C=O) groups excluding carboxylic acids is 1. The molecule has 0 radical (unpaired) electrons. The SMILES string of the molecule is Cc1noc(C)c1CCC(=O)N1C[C@H](C(=O)O)[C@@H](C2CC2)C1. The second-order valence-electron chi connectivity index (χ2n) is 6.55. The summed E-state index contributed by atoms with van der Waals surface area (Å²) in [6.45, 7) is 4.67. The fraction of sp³-hybridized carbons (Fsp3) is 0.688. The largest absolute Gasteiger partial charge is 0.481 e. The van der Waals surface area contributed by atoms with Crippen LogP contribution in [0, 0.1) is 31.6 Å². The molecule has 0 bridgehead atoms.